The molecule has 4 N–H and O–H groups in total. The molecule has 2 unspecified atom stereocenters. The van der Waals surface area contributed by atoms with Crippen molar-refractivity contribution in [3.63, 3.8) is 0 Å². The number of unbranched alkanes of at least 4 members (excludes halogenated alkanes) is 34. The van der Waals surface area contributed by atoms with Crippen LogP contribution in [-0.4, -0.2) is 89.0 Å². The number of hydrogen-bond donors (Lipinski definition) is 4. The Morgan fingerprint density at radius 2 is 0.791 bits per heavy atom. The summed E-state index contributed by atoms with van der Waals surface area (Å²) in [6.07, 6.45) is 49.0. The van der Waals surface area contributed by atoms with Gasteiger partial charge in [0.2, 0.25) is 0 Å². The number of ether oxygens (including phenoxy) is 4. The van der Waals surface area contributed by atoms with Gasteiger partial charge in [0.25, 0.3) is 0 Å². The summed E-state index contributed by atoms with van der Waals surface area (Å²) >= 11 is 0. The van der Waals surface area contributed by atoms with E-state index < -0.39 is 49.4 Å². The first-order chi connectivity index (χ1) is 32.8. The maximum absolute atomic E-state index is 12.9. The molecule has 0 radical (unpaired) electrons. The van der Waals surface area contributed by atoms with E-state index in [-0.39, 0.29) is 32.0 Å². The highest BCUT2D eigenvalue weighted by Crippen LogP contribution is 2.23. The lowest BCUT2D eigenvalue weighted by Crippen LogP contribution is -2.59. The van der Waals surface area contributed by atoms with E-state index in [0.717, 1.165) is 38.5 Å². The molecule has 10 nitrogen and oxygen atoms in total. The summed E-state index contributed by atoms with van der Waals surface area (Å²) in [6, 6.07) is 0. The first-order valence-electron chi connectivity index (χ1n) is 28.4. The van der Waals surface area contributed by atoms with Gasteiger partial charge in [-0.25, -0.2) is 0 Å². The van der Waals surface area contributed by atoms with Crippen LogP contribution in [0.5, 0.6) is 0 Å². The molecule has 1 rings (SSSR count). The summed E-state index contributed by atoms with van der Waals surface area (Å²) in [5.41, 5.74) is 0. The predicted octanol–water partition coefficient (Wildman–Crippen LogP) is 14.0. The Labute approximate surface area is 411 Å². The number of carbonyl (C=O) groups is 2. The summed E-state index contributed by atoms with van der Waals surface area (Å²) < 4.78 is 22.3. The molecule has 1 aliphatic heterocycles. The van der Waals surface area contributed by atoms with E-state index in [1.54, 1.807) is 0 Å². The summed E-state index contributed by atoms with van der Waals surface area (Å²) in [5.74, 6) is -0.794. The molecule has 1 saturated heterocycles. The fourth-order valence-electron chi connectivity index (χ4n) is 8.83. The maximum Gasteiger partial charge on any atom is 0.306 e. The fraction of sp³-hybridized carbons (Fsp3) is 0.895. The van der Waals surface area contributed by atoms with Gasteiger partial charge in [-0.3, -0.25) is 9.59 Å². The molecule has 0 aromatic rings. The number of aliphatic hydroxyl groups excluding tert-OH is 4. The van der Waals surface area contributed by atoms with E-state index in [1.165, 1.54) is 199 Å². The van der Waals surface area contributed by atoms with E-state index in [0.29, 0.717) is 6.42 Å². The molecule has 1 aliphatic rings. The summed E-state index contributed by atoms with van der Waals surface area (Å²) in [4.78, 5) is 25.5. The van der Waals surface area contributed by atoms with Crippen LogP contribution >= 0.6 is 0 Å². The molecule has 0 aromatic carbocycles. The summed E-state index contributed by atoms with van der Waals surface area (Å²) in [6.45, 7) is 3.47. The molecule has 1 heterocycles. The normalized spacial score (nSPS) is 19.2. The molecule has 0 amide bonds. The monoisotopic (exact) mass is 951 g/mol. The van der Waals surface area contributed by atoms with Gasteiger partial charge < -0.3 is 39.4 Å². The first kappa shape index (κ1) is 63.2. The average molecular weight is 951 g/mol. The zero-order valence-electron chi connectivity index (χ0n) is 43.4. The topological polar surface area (TPSA) is 152 Å². The van der Waals surface area contributed by atoms with Crippen molar-refractivity contribution < 1.29 is 49.0 Å². The molecule has 1 fully saturated rings. The van der Waals surface area contributed by atoms with Crippen LogP contribution < -0.4 is 0 Å². The number of aliphatic hydroxyl groups is 4. The van der Waals surface area contributed by atoms with Crippen molar-refractivity contribution in [2.45, 2.75) is 307 Å². The molecule has 0 bridgehead atoms. The van der Waals surface area contributed by atoms with Crippen molar-refractivity contribution in [3.8, 4) is 0 Å². The molecule has 0 spiro atoms. The van der Waals surface area contributed by atoms with Gasteiger partial charge in [-0.15, -0.1) is 0 Å². The van der Waals surface area contributed by atoms with E-state index in [2.05, 4.69) is 38.2 Å². The van der Waals surface area contributed by atoms with Crippen molar-refractivity contribution in [2.75, 3.05) is 19.8 Å². The Kier molecular flexibility index (Phi) is 45.1. The van der Waals surface area contributed by atoms with Crippen molar-refractivity contribution in [2.24, 2.45) is 0 Å². The Balaban J connectivity index is 2.21. The molecule has 0 aromatic heterocycles. The number of carbonyl (C=O) groups excluding carboxylic acids is 2. The quantitative estimate of drug-likeness (QED) is 0.0263. The van der Waals surface area contributed by atoms with Gasteiger partial charge >= 0.3 is 11.9 Å². The number of allylic oxidation sites excluding steroid dienone is 4. The second-order valence-electron chi connectivity index (χ2n) is 19.7. The molecule has 0 saturated carbocycles. The van der Waals surface area contributed by atoms with Gasteiger partial charge in [-0.05, 0) is 64.2 Å². The van der Waals surface area contributed by atoms with Crippen molar-refractivity contribution in [1.82, 2.24) is 0 Å². The smallest absolute Gasteiger partial charge is 0.306 e. The maximum atomic E-state index is 12.9. The third kappa shape index (κ3) is 38.6. The zero-order valence-corrected chi connectivity index (χ0v) is 43.4. The van der Waals surface area contributed by atoms with Crippen LogP contribution in [0, 0.1) is 0 Å². The Bertz CT molecular complexity index is 1140. The highest BCUT2D eigenvalue weighted by atomic mass is 16.7. The van der Waals surface area contributed by atoms with E-state index in [1.807, 2.05) is 0 Å². The van der Waals surface area contributed by atoms with Crippen molar-refractivity contribution >= 4 is 11.9 Å². The van der Waals surface area contributed by atoms with Crippen LogP contribution in [0.25, 0.3) is 0 Å². The van der Waals surface area contributed by atoms with Crippen LogP contribution in [0.2, 0.25) is 0 Å². The summed E-state index contributed by atoms with van der Waals surface area (Å²) in [5, 5.41) is 40.3. The molecular weight excluding hydrogens is 845 g/mol. The van der Waals surface area contributed by atoms with Gasteiger partial charge in [0, 0.05) is 12.8 Å². The number of hydrogen-bond acceptors (Lipinski definition) is 10. The highest BCUT2D eigenvalue weighted by Gasteiger charge is 2.44. The van der Waals surface area contributed by atoms with Gasteiger partial charge in [-0.1, -0.05) is 218 Å². The largest absolute Gasteiger partial charge is 0.462 e. The van der Waals surface area contributed by atoms with Crippen LogP contribution in [0.3, 0.4) is 0 Å². The third-order valence-corrected chi connectivity index (χ3v) is 13.3. The van der Waals surface area contributed by atoms with Crippen LogP contribution in [0.15, 0.2) is 24.3 Å². The molecule has 394 valence electrons. The number of esters is 2. The summed E-state index contributed by atoms with van der Waals surface area (Å²) in [7, 11) is 0. The number of rotatable bonds is 49. The van der Waals surface area contributed by atoms with Gasteiger partial charge in [0.15, 0.2) is 12.4 Å². The molecule has 6 atom stereocenters. The average Bonchev–Trinajstić information content (AvgIpc) is 3.33. The third-order valence-electron chi connectivity index (χ3n) is 13.3. The lowest BCUT2D eigenvalue weighted by Gasteiger charge is -2.39. The predicted molar refractivity (Wildman–Crippen MR) is 275 cm³/mol. The molecule has 67 heavy (non-hydrogen) atoms. The second-order valence-corrected chi connectivity index (χ2v) is 19.7. The van der Waals surface area contributed by atoms with Crippen LogP contribution in [0.1, 0.15) is 271 Å². The van der Waals surface area contributed by atoms with E-state index in [9.17, 15) is 30.0 Å². The minimum Gasteiger partial charge on any atom is -0.462 e. The minimum absolute atomic E-state index is 0.214. The zero-order chi connectivity index (χ0) is 48.7. The fourth-order valence-corrected chi connectivity index (χ4v) is 8.83. The molecular formula is C57H106O10. The Morgan fingerprint density at radius 3 is 1.16 bits per heavy atom. The first-order valence-corrected chi connectivity index (χ1v) is 28.4. The van der Waals surface area contributed by atoms with Gasteiger partial charge in [0.1, 0.15) is 31.0 Å². The van der Waals surface area contributed by atoms with Gasteiger partial charge in [-0.2, -0.15) is 0 Å². The molecule has 10 heteroatoms. The second kappa shape index (κ2) is 47.8. The SMILES string of the molecule is CCCCCCCC/C=C/CCCCCCCCCCCCCC(=O)OC[C@@H](CO[C@H]1O[C@@H](CO)[C@@H](O)C(O)C1O)OC(=O)CCCCCCCCCCCCC/C=C/CCCCCCCC. The lowest BCUT2D eigenvalue weighted by atomic mass is 9.99. The highest BCUT2D eigenvalue weighted by molar-refractivity contribution is 5.70. The molecule has 0 aliphatic carbocycles. The van der Waals surface area contributed by atoms with Gasteiger partial charge in [0.05, 0.1) is 13.2 Å². The van der Waals surface area contributed by atoms with Crippen LogP contribution in [-0.2, 0) is 28.5 Å². The van der Waals surface area contributed by atoms with Crippen molar-refractivity contribution in [3.05, 3.63) is 24.3 Å². The standard InChI is InChI=1S/C57H106O10/c1-3-5-7-9-11-13-15-17-19-21-23-25-27-29-31-33-35-37-39-41-43-45-52(59)64-48-50(49-65-57-56(63)55(62)54(61)51(47-58)67-57)66-53(60)46-44-42-40-38-36-34-32-30-28-26-24-22-20-18-16-14-12-10-8-6-4-2/h17-20,50-51,54-58,61-63H,3-16,21-49H2,1-2H3/b19-17+,20-18+/t50-,51-,54+,55?,56?,57-/m0/s1. The van der Waals surface area contributed by atoms with E-state index in [4.69, 9.17) is 18.9 Å². The Hall–Kier alpha value is -1.82. The van der Waals surface area contributed by atoms with E-state index >= 15 is 0 Å². The van der Waals surface area contributed by atoms with Crippen molar-refractivity contribution in [1.29, 1.82) is 0 Å². The lowest BCUT2D eigenvalue weighted by molar-refractivity contribution is -0.305. The van der Waals surface area contributed by atoms with Crippen LogP contribution in [0.4, 0.5) is 0 Å². The minimum atomic E-state index is -1.59. The Morgan fingerprint density at radius 1 is 0.448 bits per heavy atom.